The maximum absolute atomic E-state index is 5.14. The van der Waals surface area contributed by atoms with Crippen molar-refractivity contribution >= 4 is 31.5 Å². The van der Waals surface area contributed by atoms with E-state index in [4.69, 9.17) is 9.97 Å². The van der Waals surface area contributed by atoms with E-state index >= 15 is 0 Å². The van der Waals surface area contributed by atoms with Gasteiger partial charge in [-0.2, -0.15) is 0 Å². The molecular formula is C36H24N2S. The van der Waals surface area contributed by atoms with Crippen LogP contribution in [0.5, 0.6) is 0 Å². The Labute approximate surface area is 231 Å². The van der Waals surface area contributed by atoms with Gasteiger partial charge < -0.3 is 0 Å². The number of benzene rings is 5. The van der Waals surface area contributed by atoms with E-state index in [2.05, 4.69) is 109 Å². The van der Waals surface area contributed by atoms with E-state index in [-0.39, 0.29) is 0 Å². The normalized spacial score (nSPS) is 12.4. The largest absolute Gasteiger partial charge is 0.228 e. The number of rotatable bonds is 3. The molecule has 0 amide bonds. The molecule has 0 bridgehead atoms. The molecule has 0 atom stereocenters. The minimum atomic E-state index is 0.765. The minimum Gasteiger partial charge on any atom is -0.228 e. The van der Waals surface area contributed by atoms with Gasteiger partial charge in [-0.15, -0.1) is 11.3 Å². The molecule has 0 fully saturated rings. The lowest BCUT2D eigenvalue weighted by Crippen LogP contribution is -2.03. The fourth-order valence-electron chi connectivity index (χ4n) is 5.96. The second-order valence-corrected chi connectivity index (χ2v) is 11.2. The quantitative estimate of drug-likeness (QED) is 0.234. The van der Waals surface area contributed by atoms with Crippen LogP contribution < -0.4 is 0 Å². The fourth-order valence-corrected chi connectivity index (χ4v) is 7.18. The van der Waals surface area contributed by atoms with Crippen molar-refractivity contribution in [1.29, 1.82) is 0 Å². The van der Waals surface area contributed by atoms with Gasteiger partial charge in [-0.25, -0.2) is 9.97 Å². The average molecular weight is 517 g/mol. The molecule has 2 nitrogen and oxygen atoms in total. The SMILES string of the molecule is c1ccc(-c2cc(-c3ccccc3)nc(-c3cccc4c3sc3ccc5c(c34)-c3ccccc3CC5)n2)cc1. The maximum atomic E-state index is 5.14. The third kappa shape index (κ3) is 3.70. The Morgan fingerprint density at radius 3 is 1.92 bits per heavy atom. The monoisotopic (exact) mass is 516 g/mol. The Kier molecular flexibility index (Phi) is 5.17. The molecule has 2 aromatic heterocycles. The van der Waals surface area contributed by atoms with Gasteiger partial charge in [0.25, 0.3) is 0 Å². The maximum Gasteiger partial charge on any atom is 0.161 e. The summed E-state index contributed by atoms with van der Waals surface area (Å²) in [5.41, 5.74) is 10.8. The molecule has 0 saturated carbocycles. The van der Waals surface area contributed by atoms with Gasteiger partial charge in [0.05, 0.1) is 11.4 Å². The molecule has 0 N–H and O–H groups in total. The summed E-state index contributed by atoms with van der Waals surface area (Å²) in [6.07, 6.45) is 2.19. The highest BCUT2D eigenvalue weighted by Gasteiger charge is 2.22. The number of thiophene rings is 1. The highest BCUT2D eigenvalue weighted by Crippen LogP contribution is 2.47. The summed E-state index contributed by atoms with van der Waals surface area (Å²) in [5.74, 6) is 0.765. The van der Waals surface area contributed by atoms with E-state index in [1.807, 2.05) is 23.5 Å². The second-order valence-electron chi connectivity index (χ2n) is 10.1. The molecule has 184 valence electrons. The molecule has 0 aliphatic heterocycles. The van der Waals surface area contributed by atoms with E-state index in [9.17, 15) is 0 Å². The van der Waals surface area contributed by atoms with Crippen LogP contribution in [0.25, 0.3) is 65.2 Å². The summed E-state index contributed by atoms with van der Waals surface area (Å²) in [7, 11) is 0. The molecule has 2 heterocycles. The lowest BCUT2D eigenvalue weighted by atomic mass is 9.83. The van der Waals surface area contributed by atoms with Gasteiger partial charge in [-0.05, 0) is 53.3 Å². The summed E-state index contributed by atoms with van der Waals surface area (Å²) in [6, 6.07) is 43.1. The number of fused-ring (bicyclic) bond motifs is 7. The van der Waals surface area contributed by atoms with E-state index in [0.717, 1.165) is 46.7 Å². The van der Waals surface area contributed by atoms with Gasteiger partial charge in [-0.3, -0.25) is 0 Å². The van der Waals surface area contributed by atoms with Crippen LogP contribution in [0.4, 0.5) is 0 Å². The number of aromatic nitrogens is 2. The van der Waals surface area contributed by atoms with Gasteiger partial charge in [0.1, 0.15) is 0 Å². The Hall–Kier alpha value is -4.60. The van der Waals surface area contributed by atoms with E-state index in [1.54, 1.807) is 0 Å². The minimum absolute atomic E-state index is 0.765. The van der Waals surface area contributed by atoms with Crippen molar-refractivity contribution in [3.05, 3.63) is 132 Å². The zero-order valence-corrected chi connectivity index (χ0v) is 22.1. The Morgan fingerprint density at radius 1 is 0.538 bits per heavy atom. The zero-order chi connectivity index (χ0) is 25.8. The molecule has 7 aromatic rings. The Morgan fingerprint density at radius 2 is 1.18 bits per heavy atom. The van der Waals surface area contributed by atoms with Gasteiger partial charge in [0, 0.05) is 36.9 Å². The fraction of sp³-hybridized carbons (Fsp3) is 0.0556. The Bertz CT molecular complexity index is 1950. The van der Waals surface area contributed by atoms with Crippen LogP contribution in [0.3, 0.4) is 0 Å². The van der Waals surface area contributed by atoms with Gasteiger partial charge in [0.2, 0.25) is 0 Å². The molecule has 1 aliphatic rings. The van der Waals surface area contributed by atoms with E-state index in [0.29, 0.717) is 0 Å². The number of nitrogens with zero attached hydrogens (tertiary/aromatic N) is 2. The lowest BCUT2D eigenvalue weighted by molar-refractivity contribution is 0.945. The van der Waals surface area contributed by atoms with Gasteiger partial charge in [0.15, 0.2) is 5.82 Å². The average Bonchev–Trinajstić information content (AvgIpc) is 3.41. The highest BCUT2D eigenvalue weighted by atomic mass is 32.1. The molecule has 8 rings (SSSR count). The van der Waals surface area contributed by atoms with Gasteiger partial charge >= 0.3 is 0 Å². The molecular weight excluding hydrogens is 492 g/mol. The highest BCUT2D eigenvalue weighted by molar-refractivity contribution is 7.26. The summed E-state index contributed by atoms with van der Waals surface area (Å²) < 4.78 is 2.56. The number of aryl methyl sites for hydroxylation is 2. The standard InChI is InChI=1S/C36H24N2S/c1-3-11-24(12-4-1)30-22-31(25-13-5-2-6-14-25)38-36(37-30)29-17-9-16-28-34-32(39-35(28)29)21-20-26-19-18-23-10-7-8-15-27(23)33(26)34/h1-17,20-22H,18-19H2. The first-order chi connectivity index (χ1) is 19.3. The molecule has 1 aliphatic carbocycles. The first-order valence-corrected chi connectivity index (χ1v) is 14.2. The van der Waals surface area contributed by atoms with Crippen LogP contribution in [0, 0.1) is 0 Å². The van der Waals surface area contributed by atoms with Crippen molar-refractivity contribution in [2.45, 2.75) is 12.8 Å². The summed E-state index contributed by atoms with van der Waals surface area (Å²) in [5, 5.41) is 2.65. The molecule has 0 spiro atoms. The topological polar surface area (TPSA) is 25.8 Å². The van der Waals surface area contributed by atoms with Crippen molar-refractivity contribution in [1.82, 2.24) is 9.97 Å². The molecule has 0 unspecified atom stereocenters. The lowest BCUT2D eigenvalue weighted by Gasteiger charge is -2.21. The van der Waals surface area contributed by atoms with Crippen molar-refractivity contribution in [2.75, 3.05) is 0 Å². The van der Waals surface area contributed by atoms with E-state index in [1.165, 1.54) is 42.4 Å². The summed E-state index contributed by atoms with van der Waals surface area (Å²) in [4.78, 5) is 10.3. The van der Waals surface area contributed by atoms with Gasteiger partial charge in [-0.1, -0.05) is 103 Å². The molecule has 3 heteroatoms. The van der Waals surface area contributed by atoms with E-state index < -0.39 is 0 Å². The number of hydrogen-bond donors (Lipinski definition) is 0. The van der Waals surface area contributed by atoms with Crippen molar-refractivity contribution in [3.63, 3.8) is 0 Å². The van der Waals surface area contributed by atoms with Crippen LogP contribution in [0.1, 0.15) is 11.1 Å². The van der Waals surface area contributed by atoms with Crippen LogP contribution in [0.2, 0.25) is 0 Å². The predicted octanol–water partition coefficient (Wildman–Crippen LogP) is 9.61. The van der Waals surface area contributed by atoms with Crippen LogP contribution in [0.15, 0.2) is 121 Å². The smallest absolute Gasteiger partial charge is 0.161 e. The first-order valence-electron chi connectivity index (χ1n) is 13.4. The molecule has 39 heavy (non-hydrogen) atoms. The summed E-state index contributed by atoms with van der Waals surface area (Å²) >= 11 is 1.85. The van der Waals surface area contributed by atoms with Crippen LogP contribution >= 0.6 is 11.3 Å². The molecule has 5 aromatic carbocycles. The Balaban J connectivity index is 1.40. The van der Waals surface area contributed by atoms with Crippen molar-refractivity contribution in [3.8, 4) is 45.0 Å². The third-order valence-corrected chi connectivity index (χ3v) is 9.01. The van der Waals surface area contributed by atoms with Crippen molar-refractivity contribution in [2.24, 2.45) is 0 Å². The second kappa shape index (κ2) is 9.00. The first kappa shape index (κ1) is 22.4. The van der Waals surface area contributed by atoms with Crippen molar-refractivity contribution < 1.29 is 0 Å². The summed E-state index contributed by atoms with van der Waals surface area (Å²) in [6.45, 7) is 0. The predicted molar refractivity (Wildman–Crippen MR) is 164 cm³/mol. The van der Waals surface area contributed by atoms with Crippen LogP contribution in [-0.4, -0.2) is 9.97 Å². The zero-order valence-electron chi connectivity index (χ0n) is 21.3. The van der Waals surface area contributed by atoms with Crippen LogP contribution in [-0.2, 0) is 12.8 Å². The molecule has 0 radical (unpaired) electrons. The number of hydrogen-bond acceptors (Lipinski definition) is 3. The molecule has 0 saturated heterocycles. The third-order valence-electron chi connectivity index (χ3n) is 7.81.